The van der Waals surface area contributed by atoms with E-state index in [2.05, 4.69) is 18.2 Å². The Morgan fingerprint density at radius 3 is 2.11 bits per heavy atom. The number of hydrogen-bond donors (Lipinski definition) is 0. The summed E-state index contributed by atoms with van der Waals surface area (Å²) in [5.74, 6) is 0.794. The van der Waals surface area contributed by atoms with Crippen LogP contribution in [-0.2, 0) is 0 Å². The fourth-order valence-corrected chi connectivity index (χ4v) is 1.67. The Balaban J connectivity index is 2.06. The summed E-state index contributed by atoms with van der Waals surface area (Å²) >= 11 is 0. The van der Waals surface area contributed by atoms with Crippen LogP contribution in [0.4, 0.5) is 0 Å². The summed E-state index contributed by atoms with van der Waals surface area (Å²) < 4.78 is 5.63. The van der Waals surface area contributed by atoms with E-state index in [0.717, 1.165) is 11.3 Å². The van der Waals surface area contributed by atoms with E-state index in [1.165, 1.54) is 5.56 Å². The molecule has 0 saturated carbocycles. The van der Waals surface area contributed by atoms with E-state index in [0.29, 0.717) is 6.61 Å². The molecule has 0 N–H and O–H groups in total. The second-order valence-electron chi connectivity index (χ2n) is 5.17. The largest absolute Gasteiger partial charge is 0.492 e. The summed E-state index contributed by atoms with van der Waals surface area (Å²) in [6.45, 7) is 4.13. The molecule has 2 heteroatoms. The highest BCUT2D eigenvalue weighted by molar-refractivity contribution is 5.63. The molecular formula is C17H17NO. The minimum atomic E-state index is -0.460. The van der Waals surface area contributed by atoms with Gasteiger partial charge in [0.25, 0.3) is 0 Å². The summed E-state index contributed by atoms with van der Waals surface area (Å²) in [4.78, 5) is 0. The third-order valence-electron chi connectivity index (χ3n) is 2.86. The molecule has 19 heavy (non-hydrogen) atoms. The number of rotatable bonds is 4. The molecule has 2 aromatic rings. The molecule has 0 aliphatic rings. The molecule has 0 bridgehead atoms. The highest BCUT2D eigenvalue weighted by atomic mass is 16.5. The van der Waals surface area contributed by atoms with Crippen molar-refractivity contribution in [2.45, 2.75) is 13.8 Å². The Hall–Kier alpha value is -2.27. The van der Waals surface area contributed by atoms with Crippen LogP contribution in [0.1, 0.15) is 13.8 Å². The van der Waals surface area contributed by atoms with Gasteiger partial charge >= 0.3 is 0 Å². The van der Waals surface area contributed by atoms with Crippen LogP contribution < -0.4 is 4.74 Å². The molecule has 2 nitrogen and oxygen atoms in total. The molecule has 2 aromatic carbocycles. The fourth-order valence-electron chi connectivity index (χ4n) is 1.67. The van der Waals surface area contributed by atoms with Gasteiger partial charge in [0, 0.05) is 0 Å². The van der Waals surface area contributed by atoms with E-state index in [-0.39, 0.29) is 0 Å². The molecule has 0 aliphatic heterocycles. The topological polar surface area (TPSA) is 33.0 Å². The zero-order chi connectivity index (χ0) is 13.7. The summed E-state index contributed by atoms with van der Waals surface area (Å²) in [7, 11) is 0. The Bertz CT molecular complexity index is 564. The van der Waals surface area contributed by atoms with Crippen molar-refractivity contribution in [3.05, 3.63) is 54.6 Å². The molecule has 96 valence electrons. The van der Waals surface area contributed by atoms with Gasteiger partial charge in [-0.15, -0.1) is 0 Å². The van der Waals surface area contributed by atoms with Gasteiger partial charge in [-0.1, -0.05) is 42.5 Å². The standard InChI is InChI=1S/C17H17NO/c1-17(2,12-18)13-19-16-10-8-15(9-11-16)14-6-4-3-5-7-14/h3-11H,13H2,1-2H3. The number of nitrogens with zero attached hydrogens (tertiary/aromatic N) is 1. The fraction of sp³-hybridized carbons (Fsp3) is 0.235. The number of hydrogen-bond acceptors (Lipinski definition) is 2. The zero-order valence-corrected chi connectivity index (χ0v) is 11.3. The highest BCUT2D eigenvalue weighted by Crippen LogP contribution is 2.23. The second kappa shape index (κ2) is 5.58. The van der Waals surface area contributed by atoms with Crippen LogP contribution in [0.5, 0.6) is 5.75 Å². The van der Waals surface area contributed by atoms with Gasteiger partial charge in [-0.05, 0) is 37.1 Å². The van der Waals surface area contributed by atoms with Gasteiger partial charge in [0.2, 0.25) is 0 Å². The van der Waals surface area contributed by atoms with E-state index in [9.17, 15) is 0 Å². The Morgan fingerprint density at radius 2 is 1.53 bits per heavy atom. The van der Waals surface area contributed by atoms with E-state index >= 15 is 0 Å². The molecular weight excluding hydrogens is 234 g/mol. The van der Waals surface area contributed by atoms with E-state index in [1.54, 1.807) is 0 Å². The van der Waals surface area contributed by atoms with Gasteiger partial charge in [0.05, 0.1) is 11.5 Å². The lowest BCUT2D eigenvalue weighted by Gasteiger charge is -2.16. The van der Waals surface area contributed by atoms with E-state index < -0.39 is 5.41 Å². The van der Waals surface area contributed by atoms with Gasteiger partial charge in [-0.3, -0.25) is 0 Å². The summed E-state index contributed by atoms with van der Waals surface area (Å²) in [6.07, 6.45) is 0. The lowest BCUT2D eigenvalue weighted by Crippen LogP contribution is -2.18. The smallest absolute Gasteiger partial charge is 0.119 e. The molecule has 0 spiro atoms. The predicted molar refractivity (Wildman–Crippen MR) is 76.8 cm³/mol. The highest BCUT2D eigenvalue weighted by Gasteiger charge is 2.17. The maximum Gasteiger partial charge on any atom is 0.119 e. The first-order chi connectivity index (χ1) is 9.11. The lowest BCUT2D eigenvalue weighted by molar-refractivity contribution is 0.227. The van der Waals surface area contributed by atoms with Crippen LogP contribution in [-0.4, -0.2) is 6.61 Å². The van der Waals surface area contributed by atoms with E-state index in [1.807, 2.05) is 56.3 Å². The number of ether oxygens (including phenoxy) is 1. The minimum Gasteiger partial charge on any atom is -0.492 e. The van der Waals surface area contributed by atoms with Gasteiger partial charge in [0.15, 0.2) is 0 Å². The maximum absolute atomic E-state index is 8.93. The van der Waals surface area contributed by atoms with Crippen molar-refractivity contribution in [3.8, 4) is 22.9 Å². The van der Waals surface area contributed by atoms with Crippen molar-refractivity contribution in [1.29, 1.82) is 5.26 Å². The first-order valence-electron chi connectivity index (χ1n) is 6.30. The van der Waals surface area contributed by atoms with Crippen molar-refractivity contribution >= 4 is 0 Å². The monoisotopic (exact) mass is 251 g/mol. The van der Waals surface area contributed by atoms with Crippen molar-refractivity contribution in [3.63, 3.8) is 0 Å². The Morgan fingerprint density at radius 1 is 0.947 bits per heavy atom. The summed E-state index contributed by atoms with van der Waals surface area (Å²) in [5, 5.41) is 8.93. The quantitative estimate of drug-likeness (QED) is 0.812. The molecule has 0 heterocycles. The normalized spacial score (nSPS) is 10.8. The molecule has 0 saturated heterocycles. The van der Waals surface area contributed by atoms with E-state index in [4.69, 9.17) is 10.00 Å². The predicted octanol–water partition coefficient (Wildman–Crippen LogP) is 4.28. The maximum atomic E-state index is 8.93. The second-order valence-corrected chi connectivity index (χ2v) is 5.17. The zero-order valence-electron chi connectivity index (χ0n) is 11.3. The SMILES string of the molecule is CC(C)(C#N)COc1ccc(-c2ccccc2)cc1. The Kier molecular flexibility index (Phi) is 3.87. The Labute approximate surface area is 114 Å². The van der Waals surface area contributed by atoms with Gasteiger partial charge < -0.3 is 4.74 Å². The van der Waals surface area contributed by atoms with Gasteiger partial charge in [-0.25, -0.2) is 0 Å². The summed E-state index contributed by atoms with van der Waals surface area (Å²) in [6, 6.07) is 20.4. The molecule has 0 aliphatic carbocycles. The van der Waals surface area contributed by atoms with Crippen LogP contribution in [0.2, 0.25) is 0 Å². The average Bonchev–Trinajstić information content (AvgIpc) is 2.47. The number of benzene rings is 2. The first kappa shape index (κ1) is 13.2. The molecule has 0 atom stereocenters. The number of nitriles is 1. The van der Waals surface area contributed by atoms with Crippen molar-refractivity contribution in [2.24, 2.45) is 5.41 Å². The van der Waals surface area contributed by atoms with Crippen molar-refractivity contribution in [1.82, 2.24) is 0 Å². The molecule has 0 radical (unpaired) electrons. The van der Waals surface area contributed by atoms with Crippen molar-refractivity contribution < 1.29 is 4.74 Å². The van der Waals surface area contributed by atoms with Crippen LogP contribution in [0.25, 0.3) is 11.1 Å². The van der Waals surface area contributed by atoms with Crippen LogP contribution in [0.15, 0.2) is 54.6 Å². The van der Waals surface area contributed by atoms with Gasteiger partial charge in [-0.2, -0.15) is 5.26 Å². The summed E-state index contributed by atoms with van der Waals surface area (Å²) in [5.41, 5.74) is 1.89. The molecule has 0 fully saturated rings. The molecule has 2 rings (SSSR count). The molecule has 0 aromatic heterocycles. The third-order valence-corrected chi connectivity index (χ3v) is 2.86. The van der Waals surface area contributed by atoms with Crippen molar-refractivity contribution in [2.75, 3.05) is 6.61 Å². The third kappa shape index (κ3) is 3.59. The van der Waals surface area contributed by atoms with Crippen LogP contribution in [0.3, 0.4) is 0 Å². The molecule has 0 amide bonds. The average molecular weight is 251 g/mol. The van der Waals surface area contributed by atoms with Crippen LogP contribution in [0, 0.1) is 16.7 Å². The first-order valence-corrected chi connectivity index (χ1v) is 6.30. The van der Waals surface area contributed by atoms with Crippen LogP contribution >= 0.6 is 0 Å². The molecule has 0 unspecified atom stereocenters. The minimum absolute atomic E-state index is 0.397. The lowest BCUT2D eigenvalue weighted by atomic mass is 9.98. The van der Waals surface area contributed by atoms with Gasteiger partial charge in [0.1, 0.15) is 12.4 Å².